The number of hydrogen-bond donors (Lipinski definition) is 1. The number of hydrogen-bond acceptors (Lipinski definition) is 4. The lowest BCUT2D eigenvalue weighted by molar-refractivity contribution is -0.120. The van der Waals surface area contributed by atoms with Gasteiger partial charge >= 0.3 is 0 Å². The molecule has 1 aliphatic heterocycles. The zero-order valence-electron chi connectivity index (χ0n) is 15.4. The molecule has 144 valence electrons. The van der Waals surface area contributed by atoms with E-state index in [4.69, 9.17) is 4.98 Å². The standard InChI is InChI=1S/C20H24FN3O2S/c1-2-18(25)22-9-6-17-13-27-19(23-17)14-7-10-24(11-8-14)20(26)15-4-3-5-16(21)12-15/h3-5,12-14H,2,6-11H2,1H3,(H,22,25). The van der Waals surface area contributed by atoms with Gasteiger partial charge in [-0.2, -0.15) is 0 Å². The molecule has 0 atom stereocenters. The molecule has 0 saturated carbocycles. The molecule has 1 N–H and O–H groups in total. The molecule has 2 aromatic rings. The second kappa shape index (κ2) is 9.08. The Morgan fingerprint density at radius 3 is 2.81 bits per heavy atom. The lowest BCUT2D eigenvalue weighted by Gasteiger charge is -2.31. The lowest BCUT2D eigenvalue weighted by Crippen LogP contribution is -2.37. The molecule has 0 unspecified atom stereocenters. The monoisotopic (exact) mass is 389 g/mol. The van der Waals surface area contributed by atoms with Gasteiger partial charge in [0.05, 0.1) is 10.7 Å². The van der Waals surface area contributed by atoms with Gasteiger partial charge in [0, 0.05) is 49.3 Å². The normalized spacial score (nSPS) is 15.0. The van der Waals surface area contributed by atoms with Crippen LogP contribution in [0.15, 0.2) is 29.6 Å². The summed E-state index contributed by atoms with van der Waals surface area (Å²) in [6, 6.07) is 5.85. The summed E-state index contributed by atoms with van der Waals surface area (Å²) < 4.78 is 13.3. The van der Waals surface area contributed by atoms with Crippen LogP contribution in [-0.2, 0) is 11.2 Å². The van der Waals surface area contributed by atoms with Crippen molar-refractivity contribution in [1.82, 2.24) is 15.2 Å². The van der Waals surface area contributed by atoms with E-state index in [-0.39, 0.29) is 17.6 Å². The fourth-order valence-corrected chi connectivity index (χ4v) is 4.24. The van der Waals surface area contributed by atoms with Crippen molar-refractivity contribution in [2.45, 2.75) is 38.5 Å². The predicted octanol–water partition coefficient (Wildman–Crippen LogP) is 3.37. The van der Waals surface area contributed by atoms with Crippen molar-refractivity contribution in [2.75, 3.05) is 19.6 Å². The van der Waals surface area contributed by atoms with Gasteiger partial charge in [-0.15, -0.1) is 11.3 Å². The van der Waals surface area contributed by atoms with E-state index in [1.54, 1.807) is 28.4 Å². The first kappa shape index (κ1) is 19.5. The molecule has 0 spiro atoms. The van der Waals surface area contributed by atoms with Crippen LogP contribution < -0.4 is 5.32 Å². The largest absolute Gasteiger partial charge is 0.356 e. The van der Waals surface area contributed by atoms with Crippen LogP contribution in [0.3, 0.4) is 0 Å². The summed E-state index contributed by atoms with van der Waals surface area (Å²) in [7, 11) is 0. The number of benzene rings is 1. The van der Waals surface area contributed by atoms with Gasteiger partial charge in [-0.3, -0.25) is 9.59 Å². The van der Waals surface area contributed by atoms with Gasteiger partial charge in [-0.05, 0) is 31.0 Å². The van der Waals surface area contributed by atoms with Crippen molar-refractivity contribution >= 4 is 23.2 Å². The lowest BCUT2D eigenvalue weighted by atomic mass is 9.97. The van der Waals surface area contributed by atoms with Gasteiger partial charge < -0.3 is 10.2 Å². The Bertz CT molecular complexity index is 800. The van der Waals surface area contributed by atoms with Gasteiger partial charge in [-0.1, -0.05) is 13.0 Å². The average molecular weight is 389 g/mol. The molecule has 1 aromatic heterocycles. The number of rotatable bonds is 6. The van der Waals surface area contributed by atoms with Crippen LogP contribution >= 0.6 is 11.3 Å². The summed E-state index contributed by atoms with van der Waals surface area (Å²) >= 11 is 1.65. The number of nitrogens with one attached hydrogen (secondary N) is 1. The van der Waals surface area contributed by atoms with Crippen molar-refractivity contribution in [3.8, 4) is 0 Å². The highest BCUT2D eigenvalue weighted by atomic mass is 32.1. The zero-order valence-corrected chi connectivity index (χ0v) is 16.2. The summed E-state index contributed by atoms with van der Waals surface area (Å²) in [4.78, 5) is 30.3. The summed E-state index contributed by atoms with van der Waals surface area (Å²) in [6.45, 7) is 3.75. The average Bonchev–Trinajstić information content (AvgIpc) is 3.16. The Kier molecular flexibility index (Phi) is 6.55. The Morgan fingerprint density at radius 2 is 2.11 bits per heavy atom. The predicted molar refractivity (Wildman–Crippen MR) is 103 cm³/mol. The Hall–Kier alpha value is -2.28. The number of thiazole rings is 1. The number of aromatic nitrogens is 1. The first-order chi connectivity index (χ1) is 13.1. The topological polar surface area (TPSA) is 62.3 Å². The Morgan fingerprint density at radius 1 is 1.33 bits per heavy atom. The van der Waals surface area contributed by atoms with Crippen LogP contribution in [0, 0.1) is 5.82 Å². The van der Waals surface area contributed by atoms with E-state index in [1.807, 2.05) is 6.92 Å². The molecule has 1 saturated heterocycles. The highest BCUT2D eigenvalue weighted by molar-refractivity contribution is 7.09. The molecular formula is C20H24FN3O2S. The first-order valence-electron chi connectivity index (χ1n) is 9.32. The third kappa shape index (κ3) is 5.13. The van der Waals surface area contributed by atoms with E-state index < -0.39 is 0 Å². The molecule has 0 aliphatic carbocycles. The van der Waals surface area contributed by atoms with Gasteiger partial charge in [0.1, 0.15) is 5.82 Å². The van der Waals surface area contributed by atoms with Crippen LogP contribution in [0.4, 0.5) is 4.39 Å². The van der Waals surface area contributed by atoms with E-state index in [1.165, 1.54) is 12.1 Å². The van der Waals surface area contributed by atoms with Crippen LogP contribution in [-0.4, -0.2) is 41.3 Å². The summed E-state index contributed by atoms with van der Waals surface area (Å²) in [5.41, 5.74) is 1.41. The minimum atomic E-state index is -0.388. The first-order valence-corrected chi connectivity index (χ1v) is 10.2. The molecule has 5 nitrogen and oxygen atoms in total. The van der Waals surface area contributed by atoms with Crippen molar-refractivity contribution in [3.63, 3.8) is 0 Å². The molecule has 0 radical (unpaired) electrons. The third-order valence-corrected chi connectivity index (χ3v) is 5.85. The molecule has 27 heavy (non-hydrogen) atoms. The van der Waals surface area contributed by atoms with Crippen molar-refractivity contribution in [1.29, 1.82) is 0 Å². The van der Waals surface area contributed by atoms with E-state index >= 15 is 0 Å². The molecule has 7 heteroatoms. The number of carbonyl (C=O) groups is 2. The van der Waals surface area contributed by atoms with Gasteiger partial charge in [0.2, 0.25) is 5.91 Å². The molecule has 1 aromatic carbocycles. The summed E-state index contributed by atoms with van der Waals surface area (Å²) in [5, 5.41) is 6.02. The number of carbonyl (C=O) groups excluding carboxylic acids is 2. The van der Waals surface area contributed by atoms with Crippen LogP contribution in [0.1, 0.15) is 53.2 Å². The maximum atomic E-state index is 13.3. The number of halogens is 1. The smallest absolute Gasteiger partial charge is 0.253 e. The summed E-state index contributed by atoms with van der Waals surface area (Å²) in [6.07, 6.45) is 2.95. The highest BCUT2D eigenvalue weighted by Gasteiger charge is 2.26. The highest BCUT2D eigenvalue weighted by Crippen LogP contribution is 2.31. The van der Waals surface area contributed by atoms with Gasteiger partial charge in [0.15, 0.2) is 0 Å². The number of piperidine rings is 1. The molecule has 1 fully saturated rings. The molecular weight excluding hydrogens is 365 g/mol. The quantitative estimate of drug-likeness (QED) is 0.824. The van der Waals surface area contributed by atoms with E-state index in [9.17, 15) is 14.0 Å². The molecule has 2 heterocycles. The van der Waals surface area contributed by atoms with Crippen molar-refractivity contribution in [3.05, 3.63) is 51.7 Å². The zero-order chi connectivity index (χ0) is 19.2. The SMILES string of the molecule is CCC(=O)NCCc1csc(C2CCN(C(=O)c3cccc(F)c3)CC2)n1. The maximum Gasteiger partial charge on any atom is 0.253 e. The van der Waals surface area contributed by atoms with Crippen LogP contribution in [0.25, 0.3) is 0 Å². The second-order valence-electron chi connectivity index (χ2n) is 6.71. The van der Waals surface area contributed by atoms with Gasteiger partial charge in [-0.25, -0.2) is 9.37 Å². The van der Waals surface area contributed by atoms with E-state index in [0.717, 1.165) is 30.0 Å². The fraction of sp³-hybridized carbons (Fsp3) is 0.450. The number of nitrogens with zero attached hydrogens (tertiary/aromatic N) is 2. The number of likely N-dealkylation sites (tertiary alicyclic amines) is 1. The molecule has 0 bridgehead atoms. The molecule has 1 aliphatic rings. The Balaban J connectivity index is 1.50. The van der Waals surface area contributed by atoms with Crippen LogP contribution in [0.2, 0.25) is 0 Å². The Labute approximate surface area is 162 Å². The fourth-order valence-electron chi connectivity index (χ4n) is 3.21. The minimum Gasteiger partial charge on any atom is -0.356 e. The molecule has 2 amide bonds. The van der Waals surface area contributed by atoms with Crippen LogP contribution in [0.5, 0.6) is 0 Å². The summed E-state index contributed by atoms with van der Waals surface area (Å²) in [5.74, 6) is -0.0908. The van der Waals surface area contributed by atoms with Crippen molar-refractivity contribution in [2.24, 2.45) is 0 Å². The van der Waals surface area contributed by atoms with Crippen molar-refractivity contribution < 1.29 is 14.0 Å². The molecule has 3 rings (SSSR count). The van der Waals surface area contributed by atoms with E-state index in [0.29, 0.717) is 37.5 Å². The van der Waals surface area contributed by atoms with Gasteiger partial charge in [0.25, 0.3) is 5.91 Å². The minimum absolute atomic E-state index is 0.0563. The van der Waals surface area contributed by atoms with E-state index in [2.05, 4.69) is 10.7 Å². The number of amides is 2. The third-order valence-electron chi connectivity index (χ3n) is 4.80. The second-order valence-corrected chi connectivity index (χ2v) is 7.60. The maximum absolute atomic E-state index is 13.3.